The van der Waals surface area contributed by atoms with Gasteiger partial charge in [0.2, 0.25) is 11.8 Å². The largest absolute Gasteiger partial charge is 0.378 e. The second-order valence-electron chi connectivity index (χ2n) is 7.12. The van der Waals surface area contributed by atoms with Crippen LogP contribution >= 0.6 is 0 Å². The van der Waals surface area contributed by atoms with E-state index in [1.54, 1.807) is 23.1 Å². The molecule has 0 saturated carbocycles. The van der Waals surface area contributed by atoms with Crippen LogP contribution in [0.5, 0.6) is 0 Å². The van der Waals surface area contributed by atoms with Crippen LogP contribution in [-0.2, 0) is 9.59 Å². The molecule has 1 heterocycles. The van der Waals surface area contributed by atoms with E-state index in [2.05, 4.69) is 10.6 Å². The van der Waals surface area contributed by atoms with Gasteiger partial charge in [0.05, 0.1) is 10.8 Å². The van der Waals surface area contributed by atoms with E-state index in [1.807, 2.05) is 32.0 Å². The minimum Gasteiger partial charge on any atom is -0.378 e. The number of amides is 2. The van der Waals surface area contributed by atoms with Gasteiger partial charge in [0.15, 0.2) is 0 Å². The topological polar surface area (TPSA) is 105 Å². The summed E-state index contributed by atoms with van der Waals surface area (Å²) in [6, 6.07) is 12.2. The summed E-state index contributed by atoms with van der Waals surface area (Å²) in [5.74, 6) is -0.652. The molecule has 0 spiro atoms. The van der Waals surface area contributed by atoms with Gasteiger partial charge in [-0.25, -0.2) is 0 Å². The second kappa shape index (κ2) is 8.72. The van der Waals surface area contributed by atoms with Crippen LogP contribution in [0.3, 0.4) is 0 Å². The molecule has 1 fully saturated rings. The number of nitrogens with one attached hydrogen (secondary N) is 2. The number of benzene rings is 2. The van der Waals surface area contributed by atoms with Crippen LogP contribution in [-0.4, -0.2) is 36.4 Å². The number of nitro groups is 1. The summed E-state index contributed by atoms with van der Waals surface area (Å²) in [6.45, 7) is 4.97. The first-order valence-electron chi connectivity index (χ1n) is 9.50. The average Bonchev–Trinajstić information content (AvgIpc) is 3.09. The van der Waals surface area contributed by atoms with Gasteiger partial charge in [0.25, 0.3) is 5.69 Å². The molecule has 2 aromatic rings. The molecule has 1 atom stereocenters. The third kappa shape index (κ3) is 4.53. The molecule has 1 aliphatic heterocycles. The molecule has 2 aromatic carbocycles. The van der Waals surface area contributed by atoms with E-state index in [0.29, 0.717) is 25.3 Å². The molecule has 1 aliphatic rings. The molecule has 29 heavy (non-hydrogen) atoms. The van der Waals surface area contributed by atoms with Crippen LogP contribution in [0.15, 0.2) is 42.5 Å². The highest BCUT2D eigenvalue weighted by Gasteiger charge is 2.35. The lowest BCUT2D eigenvalue weighted by molar-refractivity contribution is -0.384. The number of carbonyl (C=O) groups is 2. The summed E-state index contributed by atoms with van der Waals surface area (Å²) in [5.41, 5.74) is 3.39. The van der Waals surface area contributed by atoms with Crippen molar-refractivity contribution in [3.63, 3.8) is 0 Å². The van der Waals surface area contributed by atoms with Gasteiger partial charge in [-0.1, -0.05) is 24.3 Å². The maximum Gasteiger partial charge on any atom is 0.292 e. The van der Waals surface area contributed by atoms with Crippen LogP contribution in [0.4, 0.5) is 17.1 Å². The first kappa shape index (κ1) is 20.3. The van der Waals surface area contributed by atoms with E-state index in [9.17, 15) is 19.7 Å². The van der Waals surface area contributed by atoms with Crippen molar-refractivity contribution in [3.8, 4) is 0 Å². The Kier molecular flexibility index (Phi) is 6.11. The van der Waals surface area contributed by atoms with Crippen LogP contribution in [0.25, 0.3) is 0 Å². The molecule has 2 amide bonds. The third-order valence-electron chi connectivity index (χ3n) is 5.20. The Balaban J connectivity index is 1.53. The number of aryl methyl sites for hydroxylation is 1. The van der Waals surface area contributed by atoms with Crippen LogP contribution in [0, 0.1) is 29.9 Å². The minimum atomic E-state index is -0.451. The van der Waals surface area contributed by atoms with E-state index < -0.39 is 10.8 Å². The number of hydrogen-bond acceptors (Lipinski definition) is 5. The molecule has 3 rings (SSSR count). The molecule has 8 heteroatoms. The average molecular weight is 396 g/mol. The molecule has 2 N–H and O–H groups in total. The molecule has 152 valence electrons. The number of carbonyl (C=O) groups excluding carboxylic acids is 2. The molecule has 8 nitrogen and oxygen atoms in total. The van der Waals surface area contributed by atoms with E-state index in [0.717, 1.165) is 16.8 Å². The number of anilines is 2. The van der Waals surface area contributed by atoms with E-state index >= 15 is 0 Å². The molecular weight excluding hydrogens is 372 g/mol. The van der Waals surface area contributed by atoms with Gasteiger partial charge in [-0.2, -0.15) is 0 Å². The predicted octanol–water partition coefficient (Wildman–Crippen LogP) is 2.79. The maximum atomic E-state index is 12.5. The van der Waals surface area contributed by atoms with Gasteiger partial charge in [-0.05, 0) is 37.1 Å². The summed E-state index contributed by atoms with van der Waals surface area (Å²) in [6.07, 6.45) is 0.177. The van der Waals surface area contributed by atoms with Crippen molar-refractivity contribution in [1.82, 2.24) is 5.32 Å². The maximum absolute atomic E-state index is 12.5. The number of para-hydroxylation sites is 2. The van der Waals surface area contributed by atoms with Gasteiger partial charge in [-0.15, -0.1) is 0 Å². The predicted molar refractivity (Wildman–Crippen MR) is 111 cm³/mol. The molecule has 0 aliphatic carbocycles. The van der Waals surface area contributed by atoms with Crippen LogP contribution in [0.1, 0.15) is 17.5 Å². The standard InChI is InChI=1S/C21H24N4O4/c1-14-6-5-9-18(15(14)2)24-13-16(12-20(24)26)21(27)23-11-10-22-17-7-3-4-8-19(17)25(28)29/h3-9,16,22H,10-13H2,1-2H3,(H,23,27). The SMILES string of the molecule is Cc1cccc(N2CC(C(=O)NCCNc3ccccc3[N+](=O)[O-])CC2=O)c1C. The lowest BCUT2D eigenvalue weighted by atomic mass is 10.1. The van der Waals surface area contributed by atoms with Crippen molar-refractivity contribution >= 4 is 28.9 Å². The number of rotatable bonds is 7. The molecule has 1 unspecified atom stereocenters. The quantitative estimate of drug-likeness (QED) is 0.425. The molecule has 0 bridgehead atoms. The fraction of sp³-hybridized carbons (Fsp3) is 0.333. The van der Waals surface area contributed by atoms with E-state index in [1.165, 1.54) is 6.07 Å². The van der Waals surface area contributed by atoms with Crippen molar-refractivity contribution in [2.75, 3.05) is 29.9 Å². The lowest BCUT2D eigenvalue weighted by Gasteiger charge is -2.20. The fourth-order valence-corrected chi connectivity index (χ4v) is 3.45. The second-order valence-corrected chi connectivity index (χ2v) is 7.12. The van der Waals surface area contributed by atoms with E-state index in [-0.39, 0.29) is 23.9 Å². The third-order valence-corrected chi connectivity index (χ3v) is 5.20. The van der Waals surface area contributed by atoms with Gasteiger partial charge in [-0.3, -0.25) is 19.7 Å². The van der Waals surface area contributed by atoms with Crippen molar-refractivity contribution in [1.29, 1.82) is 0 Å². The number of nitrogens with zero attached hydrogens (tertiary/aromatic N) is 2. The van der Waals surface area contributed by atoms with Crippen LogP contribution in [0.2, 0.25) is 0 Å². The Hall–Kier alpha value is -3.42. The Morgan fingerprint density at radius 3 is 2.69 bits per heavy atom. The lowest BCUT2D eigenvalue weighted by Crippen LogP contribution is -2.35. The van der Waals surface area contributed by atoms with Gasteiger partial charge < -0.3 is 15.5 Å². The van der Waals surface area contributed by atoms with Crippen molar-refractivity contribution in [2.45, 2.75) is 20.3 Å². The summed E-state index contributed by atoms with van der Waals surface area (Å²) in [5, 5.41) is 16.8. The number of hydrogen-bond donors (Lipinski definition) is 2. The monoisotopic (exact) mass is 396 g/mol. The van der Waals surface area contributed by atoms with E-state index in [4.69, 9.17) is 0 Å². The summed E-state index contributed by atoms with van der Waals surface area (Å²) in [4.78, 5) is 37.2. The van der Waals surface area contributed by atoms with Crippen LogP contribution < -0.4 is 15.5 Å². The Morgan fingerprint density at radius 1 is 1.17 bits per heavy atom. The zero-order chi connectivity index (χ0) is 21.0. The fourth-order valence-electron chi connectivity index (χ4n) is 3.45. The van der Waals surface area contributed by atoms with Crippen molar-refractivity contribution in [3.05, 3.63) is 63.7 Å². The molecule has 0 aromatic heterocycles. The summed E-state index contributed by atoms with van der Waals surface area (Å²) in [7, 11) is 0. The highest BCUT2D eigenvalue weighted by Crippen LogP contribution is 2.29. The first-order chi connectivity index (χ1) is 13.9. The minimum absolute atomic E-state index is 0.00983. The van der Waals surface area contributed by atoms with Gasteiger partial charge >= 0.3 is 0 Å². The molecule has 1 saturated heterocycles. The number of nitro benzene ring substituents is 1. The Bertz CT molecular complexity index is 944. The first-order valence-corrected chi connectivity index (χ1v) is 9.50. The van der Waals surface area contributed by atoms with Crippen molar-refractivity contribution in [2.24, 2.45) is 5.92 Å². The highest BCUT2D eigenvalue weighted by atomic mass is 16.6. The Morgan fingerprint density at radius 2 is 1.93 bits per heavy atom. The molecular formula is C21H24N4O4. The highest BCUT2D eigenvalue weighted by molar-refractivity contribution is 6.00. The van der Waals surface area contributed by atoms with Gasteiger partial charge in [0, 0.05) is 37.8 Å². The van der Waals surface area contributed by atoms with Crippen molar-refractivity contribution < 1.29 is 14.5 Å². The normalized spacial score (nSPS) is 16.0. The molecule has 0 radical (unpaired) electrons. The van der Waals surface area contributed by atoms with Gasteiger partial charge in [0.1, 0.15) is 5.69 Å². The Labute approximate surface area is 169 Å². The smallest absolute Gasteiger partial charge is 0.292 e. The summed E-state index contributed by atoms with van der Waals surface area (Å²) >= 11 is 0. The zero-order valence-electron chi connectivity index (χ0n) is 16.5. The summed E-state index contributed by atoms with van der Waals surface area (Å²) < 4.78 is 0. The zero-order valence-corrected chi connectivity index (χ0v) is 16.5.